The summed E-state index contributed by atoms with van der Waals surface area (Å²) in [5, 5.41) is 1.10. The first kappa shape index (κ1) is 11.4. The fourth-order valence-corrected chi connectivity index (χ4v) is 2.21. The maximum Gasteiger partial charge on any atom is 0.228 e. The highest BCUT2D eigenvalue weighted by Gasteiger charge is 2.13. The number of hydrogen-bond acceptors (Lipinski definition) is 3. The van der Waals surface area contributed by atoms with E-state index in [1.54, 1.807) is 18.2 Å². The minimum absolute atomic E-state index is 0.435. The Morgan fingerprint density at radius 3 is 2.67 bits per heavy atom. The van der Waals surface area contributed by atoms with Crippen molar-refractivity contribution in [2.24, 2.45) is 0 Å². The van der Waals surface area contributed by atoms with Gasteiger partial charge in [-0.05, 0) is 24.3 Å². The van der Waals surface area contributed by atoms with Crippen molar-refractivity contribution in [3.8, 4) is 11.5 Å². The van der Waals surface area contributed by atoms with E-state index in [4.69, 9.17) is 33.4 Å². The third-order valence-electron chi connectivity index (χ3n) is 2.59. The summed E-state index contributed by atoms with van der Waals surface area (Å²) < 4.78 is 5.64. The topological polar surface area (TPSA) is 52.0 Å². The van der Waals surface area contributed by atoms with Gasteiger partial charge in [0.1, 0.15) is 5.52 Å². The van der Waals surface area contributed by atoms with Crippen LogP contribution < -0.4 is 5.73 Å². The number of oxazole rings is 1. The van der Waals surface area contributed by atoms with Gasteiger partial charge in [0.25, 0.3) is 0 Å². The minimum Gasteiger partial charge on any atom is -0.434 e. The Morgan fingerprint density at radius 1 is 1.11 bits per heavy atom. The van der Waals surface area contributed by atoms with Crippen LogP contribution in [0.15, 0.2) is 40.8 Å². The molecule has 0 radical (unpaired) electrons. The van der Waals surface area contributed by atoms with Crippen molar-refractivity contribution in [1.29, 1.82) is 0 Å². The average molecular weight is 279 g/mol. The molecular weight excluding hydrogens is 271 g/mol. The highest BCUT2D eigenvalue weighted by molar-refractivity contribution is 6.33. The Balaban J connectivity index is 2.26. The summed E-state index contributed by atoms with van der Waals surface area (Å²) in [6, 6.07) is 10.7. The van der Waals surface area contributed by atoms with E-state index in [9.17, 15) is 0 Å². The molecule has 0 amide bonds. The van der Waals surface area contributed by atoms with Gasteiger partial charge in [0, 0.05) is 5.02 Å². The molecule has 2 N–H and O–H groups in total. The molecule has 1 heterocycles. The van der Waals surface area contributed by atoms with Gasteiger partial charge in [-0.2, -0.15) is 0 Å². The minimum atomic E-state index is 0.435. The third-order valence-corrected chi connectivity index (χ3v) is 3.14. The molecule has 18 heavy (non-hydrogen) atoms. The van der Waals surface area contributed by atoms with E-state index in [-0.39, 0.29) is 0 Å². The molecule has 0 spiro atoms. The lowest BCUT2D eigenvalue weighted by Crippen LogP contribution is -1.84. The van der Waals surface area contributed by atoms with Crippen LogP contribution in [0.1, 0.15) is 0 Å². The van der Waals surface area contributed by atoms with Crippen LogP contribution in [-0.2, 0) is 0 Å². The summed E-state index contributed by atoms with van der Waals surface area (Å²) in [5.41, 5.74) is 8.17. The van der Waals surface area contributed by atoms with E-state index in [0.29, 0.717) is 32.7 Å². The van der Waals surface area contributed by atoms with Crippen molar-refractivity contribution in [2.45, 2.75) is 0 Å². The normalized spacial score (nSPS) is 11.0. The second-order valence-electron chi connectivity index (χ2n) is 3.84. The summed E-state index contributed by atoms with van der Waals surface area (Å²) in [6.07, 6.45) is 0. The number of benzene rings is 2. The number of rotatable bonds is 1. The second kappa shape index (κ2) is 4.19. The Labute approximate surface area is 113 Å². The fraction of sp³-hybridized carbons (Fsp3) is 0. The van der Waals surface area contributed by atoms with Crippen molar-refractivity contribution in [3.63, 3.8) is 0 Å². The highest BCUT2D eigenvalue weighted by Crippen LogP contribution is 2.33. The SMILES string of the molecule is Nc1cc(Cl)cc2nc(-c3ccccc3Cl)oc12. The quantitative estimate of drug-likeness (QED) is 0.672. The molecule has 0 aliphatic carbocycles. The van der Waals surface area contributed by atoms with Crippen molar-refractivity contribution < 1.29 is 4.42 Å². The molecule has 90 valence electrons. The van der Waals surface area contributed by atoms with Crippen LogP contribution in [0.2, 0.25) is 10.0 Å². The van der Waals surface area contributed by atoms with Crippen LogP contribution >= 0.6 is 23.2 Å². The lowest BCUT2D eigenvalue weighted by molar-refractivity contribution is 0.621. The molecule has 0 aliphatic heterocycles. The summed E-state index contributed by atoms with van der Waals surface area (Å²) in [7, 11) is 0. The number of aromatic nitrogens is 1. The van der Waals surface area contributed by atoms with Gasteiger partial charge in [0.15, 0.2) is 5.58 Å². The molecule has 0 unspecified atom stereocenters. The van der Waals surface area contributed by atoms with Crippen molar-refractivity contribution in [3.05, 3.63) is 46.4 Å². The first-order valence-electron chi connectivity index (χ1n) is 5.25. The van der Waals surface area contributed by atoms with Crippen LogP contribution in [0.3, 0.4) is 0 Å². The monoisotopic (exact) mass is 278 g/mol. The first-order valence-corrected chi connectivity index (χ1v) is 6.01. The van der Waals surface area contributed by atoms with E-state index in [2.05, 4.69) is 4.98 Å². The third kappa shape index (κ3) is 1.82. The number of nitrogens with zero attached hydrogens (tertiary/aromatic N) is 1. The van der Waals surface area contributed by atoms with Crippen molar-refractivity contribution in [2.75, 3.05) is 5.73 Å². The van der Waals surface area contributed by atoms with Crippen LogP contribution in [0.25, 0.3) is 22.6 Å². The Bertz CT molecular complexity index is 737. The van der Waals surface area contributed by atoms with Crippen LogP contribution in [0, 0.1) is 0 Å². The van der Waals surface area contributed by atoms with Crippen LogP contribution in [0.4, 0.5) is 5.69 Å². The molecule has 2 aromatic carbocycles. The van der Waals surface area contributed by atoms with Gasteiger partial charge in [0.2, 0.25) is 5.89 Å². The molecular formula is C13H8Cl2N2O. The summed E-state index contributed by atoms with van der Waals surface area (Å²) in [4.78, 5) is 4.35. The van der Waals surface area contributed by atoms with E-state index in [1.807, 2.05) is 18.2 Å². The maximum absolute atomic E-state index is 6.10. The number of hydrogen-bond donors (Lipinski definition) is 1. The molecule has 0 atom stereocenters. The van der Waals surface area contributed by atoms with Gasteiger partial charge in [-0.1, -0.05) is 35.3 Å². The zero-order valence-electron chi connectivity index (χ0n) is 9.15. The zero-order valence-corrected chi connectivity index (χ0v) is 10.7. The van der Waals surface area contributed by atoms with Gasteiger partial charge in [-0.25, -0.2) is 4.98 Å². The Hall–Kier alpha value is -1.71. The molecule has 0 aliphatic rings. The van der Waals surface area contributed by atoms with E-state index >= 15 is 0 Å². The molecule has 3 rings (SSSR count). The standard InChI is InChI=1S/C13H8Cl2N2O/c14-7-5-10(16)12-11(6-7)17-13(18-12)8-3-1-2-4-9(8)15/h1-6H,16H2. The Kier molecular flexibility index (Phi) is 2.65. The maximum atomic E-state index is 6.10. The molecule has 0 saturated carbocycles. The van der Waals surface area contributed by atoms with Gasteiger partial charge in [-0.3, -0.25) is 0 Å². The molecule has 0 fully saturated rings. The zero-order chi connectivity index (χ0) is 12.7. The predicted molar refractivity (Wildman–Crippen MR) is 73.9 cm³/mol. The van der Waals surface area contributed by atoms with Crippen LogP contribution in [0.5, 0.6) is 0 Å². The second-order valence-corrected chi connectivity index (χ2v) is 4.69. The average Bonchev–Trinajstić information content (AvgIpc) is 2.73. The van der Waals surface area contributed by atoms with E-state index in [0.717, 1.165) is 5.56 Å². The number of nitrogen functional groups attached to an aromatic ring is 1. The Morgan fingerprint density at radius 2 is 1.89 bits per heavy atom. The first-order chi connectivity index (χ1) is 8.65. The lowest BCUT2D eigenvalue weighted by atomic mass is 10.2. The molecule has 3 nitrogen and oxygen atoms in total. The van der Waals surface area contributed by atoms with Gasteiger partial charge in [0.05, 0.1) is 16.3 Å². The highest BCUT2D eigenvalue weighted by atomic mass is 35.5. The smallest absolute Gasteiger partial charge is 0.228 e. The number of anilines is 1. The van der Waals surface area contributed by atoms with Gasteiger partial charge >= 0.3 is 0 Å². The van der Waals surface area contributed by atoms with Crippen molar-refractivity contribution >= 4 is 40.0 Å². The summed E-state index contributed by atoms with van der Waals surface area (Å²) >= 11 is 12.0. The fourth-order valence-electron chi connectivity index (χ4n) is 1.77. The molecule has 5 heteroatoms. The van der Waals surface area contributed by atoms with Crippen molar-refractivity contribution in [1.82, 2.24) is 4.98 Å². The lowest BCUT2D eigenvalue weighted by Gasteiger charge is -1.97. The molecule has 1 aromatic heterocycles. The summed E-state index contributed by atoms with van der Waals surface area (Å²) in [6.45, 7) is 0. The van der Waals surface area contributed by atoms with E-state index in [1.165, 1.54) is 0 Å². The molecule has 0 bridgehead atoms. The number of halogens is 2. The summed E-state index contributed by atoms with van der Waals surface area (Å²) in [5.74, 6) is 0.435. The number of nitrogens with two attached hydrogens (primary N) is 1. The van der Waals surface area contributed by atoms with E-state index < -0.39 is 0 Å². The molecule has 3 aromatic rings. The molecule has 0 saturated heterocycles. The predicted octanol–water partition coefficient (Wildman–Crippen LogP) is 4.38. The van der Waals surface area contributed by atoms with Gasteiger partial charge < -0.3 is 10.2 Å². The van der Waals surface area contributed by atoms with Gasteiger partial charge in [-0.15, -0.1) is 0 Å². The number of fused-ring (bicyclic) bond motifs is 1. The largest absolute Gasteiger partial charge is 0.434 e. The van der Waals surface area contributed by atoms with Crippen LogP contribution in [-0.4, -0.2) is 4.98 Å².